The normalized spacial score (nSPS) is 21.0. The number of hydrogen-bond donors (Lipinski definition) is 1. The Morgan fingerprint density at radius 1 is 1.57 bits per heavy atom. The fraction of sp³-hybridized carbons (Fsp3) is 0.700. The summed E-state index contributed by atoms with van der Waals surface area (Å²) in [4.78, 5) is 4.06. The quantitative estimate of drug-likeness (QED) is 0.777. The summed E-state index contributed by atoms with van der Waals surface area (Å²) in [6.07, 6.45) is 4.36. The third-order valence-electron chi connectivity index (χ3n) is 2.81. The van der Waals surface area contributed by atoms with Gasteiger partial charge in [0.2, 0.25) is 0 Å². The average Bonchev–Trinajstić information content (AvgIpc) is 2.65. The zero-order valence-corrected chi connectivity index (χ0v) is 8.41. The second kappa shape index (κ2) is 4.09. The van der Waals surface area contributed by atoms with Crippen molar-refractivity contribution in [2.75, 3.05) is 13.1 Å². The number of halogens is 1. The Labute approximate surface area is 83.3 Å². The van der Waals surface area contributed by atoms with Crippen LogP contribution in [0.2, 0.25) is 0 Å². The molecule has 0 aliphatic carbocycles. The van der Waals surface area contributed by atoms with Crippen LogP contribution in [0.25, 0.3) is 0 Å². The minimum Gasteiger partial charge on any atom is -0.340 e. The Hall–Kier alpha value is -0.900. The number of hydrogen-bond acceptors (Lipinski definition) is 2. The molecule has 0 aromatic carbocycles. The molecule has 2 rings (SSSR count). The topological polar surface area (TPSA) is 29.9 Å². The summed E-state index contributed by atoms with van der Waals surface area (Å²) in [5, 5.41) is 3.23. The molecular weight excluding hydrogens is 181 g/mol. The molecular formula is C10H16FN3. The van der Waals surface area contributed by atoms with Crippen molar-refractivity contribution in [3.8, 4) is 0 Å². The van der Waals surface area contributed by atoms with Crippen molar-refractivity contribution in [1.29, 1.82) is 0 Å². The van der Waals surface area contributed by atoms with Crippen LogP contribution in [0.3, 0.4) is 0 Å². The first kappa shape index (κ1) is 9.65. The van der Waals surface area contributed by atoms with Gasteiger partial charge in [0.1, 0.15) is 6.17 Å². The largest absolute Gasteiger partial charge is 0.340 e. The van der Waals surface area contributed by atoms with Crippen LogP contribution in [0.1, 0.15) is 24.7 Å². The lowest BCUT2D eigenvalue weighted by Gasteiger charge is -2.24. The first-order valence-corrected chi connectivity index (χ1v) is 5.10. The lowest BCUT2D eigenvalue weighted by molar-refractivity contribution is 0.186. The molecule has 1 aliphatic rings. The van der Waals surface area contributed by atoms with E-state index in [0.717, 1.165) is 25.9 Å². The van der Waals surface area contributed by atoms with Crippen molar-refractivity contribution in [3.05, 3.63) is 18.2 Å². The van der Waals surface area contributed by atoms with Gasteiger partial charge in [0.15, 0.2) is 0 Å². The fourth-order valence-electron chi connectivity index (χ4n) is 1.95. The van der Waals surface area contributed by atoms with E-state index in [1.54, 1.807) is 17.1 Å². The van der Waals surface area contributed by atoms with E-state index in [0.29, 0.717) is 5.69 Å². The van der Waals surface area contributed by atoms with Crippen LogP contribution >= 0.6 is 0 Å². The molecule has 3 nitrogen and oxygen atoms in total. The summed E-state index contributed by atoms with van der Waals surface area (Å²) in [6.45, 7) is 1.86. The first-order chi connectivity index (χ1) is 6.77. The van der Waals surface area contributed by atoms with E-state index in [1.165, 1.54) is 0 Å². The van der Waals surface area contributed by atoms with Gasteiger partial charge in [-0.1, -0.05) is 0 Å². The zero-order valence-electron chi connectivity index (χ0n) is 8.41. The monoisotopic (exact) mass is 197 g/mol. The van der Waals surface area contributed by atoms with Crippen molar-refractivity contribution in [3.63, 3.8) is 0 Å². The molecule has 1 aromatic heterocycles. The van der Waals surface area contributed by atoms with Crippen LogP contribution in [-0.4, -0.2) is 22.6 Å². The second-order valence-electron chi connectivity index (χ2n) is 3.95. The predicted octanol–water partition coefficient (Wildman–Crippen LogP) is 1.43. The Kier molecular flexibility index (Phi) is 2.82. The van der Waals surface area contributed by atoms with Crippen LogP contribution in [0.5, 0.6) is 0 Å². The first-order valence-electron chi connectivity index (χ1n) is 5.10. The van der Waals surface area contributed by atoms with E-state index in [1.807, 2.05) is 7.05 Å². The smallest absolute Gasteiger partial charge is 0.146 e. The van der Waals surface area contributed by atoms with E-state index < -0.39 is 6.17 Å². The molecule has 14 heavy (non-hydrogen) atoms. The molecule has 1 aliphatic heterocycles. The van der Waals surface area contributed by atoms with Gasteiger partial charge in [-0.3, -0.25) is 0 Å². The van der Waals surface area contributed by atoms with Crippen LogP contribution in [0.15, 0.2) is 12.5 Å². The molecule has 0 spiro atoms. The lowest BCUT2D eigenvalue weighted by Crippen LogP contribution is -2.29. The molecule has 0 bridgehead atoms. The van der Waals surface area contributed by atoms with E-state index in [2.05, 4.69) is 10.3 Å². The molecule has 0 saturated carbocycles. The Morgan fingerprint density at radius 2 is 2.29 bits per heavy atom. The number of aromatic nitrogens is 2. The van der Waals surface area contributed by atoms with Gasteiger partial charge >= 0.3 is 0 Å². The number of aryl methyl sites for hydroxylation is 1. The van der Waals surface area contributed by atoms with Crippen molar-refractivity contribution >= 4 is 0 Å². The van der Waals surface area contributed by atoms with E-state index in [9.17, 15) is 4.39 Å². The number of alkyl halides is 1. The molecule has 1 saturated heterocycles. The highest BCUT2D eigenvalue weighted by atomic mass is 19.1. The van der Waals surface area contributed by atoms with Gasteiger partial charge < -0.3 is 9.88 Å². The summed E-state index contributed by atoms with van der Waals surface area (Å²) in [5.41, 5.74) is 0.583. The number of piperidine rings is 1. The third-order valence-corrected chi connectivity index (χ3v) is 2.81. The molecule has 0 amide bonds. The van der Waals surface area contributed by atoms with Crippen LogP contribution in [0.4, 0.5) is 4.39 Å². The Balaban J connectivity index is 2.03. The van der Waals surface area contributed by atoms with E-state index in [4.69, 9.17) is 0 Å². The zero-order chi connectivity index (χ0) is 9.97. The molecule has 1 atom stereocenters. The van der Waals surface area contributed by atoms with Crippen molar-refractivity contribution in [2.45, 2.75) is 19.0 Å². The summed E-state index contributed by atoms with van der Waals surface area (Å²) in [5.74, 6) is 0.145. The number of nitrogens with zero attached hydrogens (tertiary/aromatic N) is 2. The van der Waals surface area contributed by atoms with Gasteiger partial charge in [-0.05, 0) is 31.8 Å². The maximum absolute atomic E-state index is 13.9. The van der Waals surface area contributed by atoms with Gasteiger partial charge in [0, 0.05) is 13.2 Å². The molecule has 1 unspecified atom stereocenters. The van der Waals surface area contributed by atoms with E-state index >= 15 is 0 Å². The van der Waals surface area contributed by atoms with Crippen molar-refractivity contribution < 1.29 is 4.39 Å². The standard InChI is InChI=1S/C10H16FN3/c1-14-6-9(13-7-14)10(11)8-2-4-12-5-3-8/h6-8,10,12H,2-5H2,1H3. The SMILES string of the molecule is Cn1cnc(C(F)C2CCNCC2)c1. The van der Waals surface area contributed by atoms with E-state index in [-0.39, 0.29) is 5.92 Å². The van der Waals surface area contributed by atoms with Gasteiger partial charge in [-0.15, -0.1) is 0 Å². The summed E-state index contributed by atoms with van der Waals surface area (Å²) < 4.78 is 15.7. The molecule has 1 N–H and O–H groups in total. The minimum absolute atomic E-state index is 0.145. The van der Waals surface area contributed by atoms with Gasteiger partial charge in [0.25, 0.3) is 0 Å². The fourth-order valence-corrected chi connectivity index (χ4v) is 1.95. The van der Waals surface area contributed by atoms with Crippen molar-refractivity contribution in [1.82, 2.24) is 14.9 Å². The number of nitrogens with one attached hydrogen (secondary N) is 1. The van der Waals surface area contributed by atoms with Crippen LogP contribution in [-0.2, 0) is 7.05 Å². The molecule has 4 heteroatoms. The third kappa shape index (κ3) is 1.95. The van der Waals surface area contributed by atoms with Crippen LogP contribution < -0.4 is 5.32 Å². The van der Waals surface area contributed by atoms with Crippen LogP contribution in [0, 0.1) is 5.92 Å². The Morgan fingerprint density at radius 3 is 2.86 bits per heavy atom. The highest BCUT2D eigenvalue weighted by Gasteiger charge is 2.25. The molecule has 78 valence electrons. The molecule has 1 fully saturated rings. The summed E-state index contributed by atoms with van der Waals surface area (Å²) >= 11 is 0. The predicted molar refractivity (Wildman–Crippen MR) is 52.7 cm³/mol. The lowest BCUT2D eigenvalue weighted by atomic mass is 9.92. The molecule has 2 heterocycles. The average molecular weight is 197 g/mol. The van der Waals surface area contributed by atoms with Gasteiger partial charge in [-0.25, -0.2) is 9.37 Å². The minimum atomic E-state index is -0.890. The number of rotatable bonds is 2. The second-order valence-corrected chi connectivity index (χ2v) is 3.95. The Bertz CT molecular complexity index is 291. The molecule has 0 radical (unpaired) electrons. The molecule has 1 aromatic rings. The van der Waals surface area contributed by atoms with Gasteiger partial charge in [-0.2, -0.15) is 0 Å². The summed E-state index contributed by atoms with van der Waals surface area (Å²) in [6, 6.07) is 0. The maximum atomic E-state index is 13.9. The number of imidazole rings is 1. The summed E-state index contributed by atoms with van der Waals surface area (Å²) in [7, 11) is 1.87. The van der Waals surface area contributed by atoms with Crippen molar-refractivity contribution in [2.24, 2.45) is 13.0 Å². The highest BCUT2D eigenvalue weighted by molar-refractivity contribution is 5.03. The van der Waals surface area contributed by atoms with Gasteiger partial charge in [0.05, 0.1) is 12.0 Å². The highest BCUT2D eigenvalue weighted by Crippen LogP contribution is 2.30. The maximum Gasteiger partial charge on any atom is 0.146 e.